The van der Waals surface area contributed by atoms with E-state index in [-0.39, 0.29) is 11.7 Å². The predicted molar refractivity (Wildman–Crippen MR) is 79.2 cm³/mol. The molecule has 112 valence electrons. The molecule has 0 spiro atoms. The molecule has 0 unspecified atom stereocenters. The van der Waals surface area contributed by atoms with E-state index in [2.05, 4.69) is 10.3 Å². The molecule has 1 heterocycles. The van der Waals surface area contributed by atoms with Crippen LogP contribution in [0.5, 0.6) is 0 Å². The zero-order valence-corrected chi connectivity index (χ0v) is 12.4. The van der Waals surface area contributed by atoms with Gasteiger partial charge in [-0.25, -0.2) is 9.78 Å². The number of carbonyl (C=O) groups is 2. The van der Waals surface area contributed by atoms with E-state index in [1.807, 2.05) is 25.1 Å². The lowest BCUT2D eigenvalue weighted by molar-refractivity contribution is -0.141. The minimum absolute atomic E-state index is 0.0698. The highest BCUT2D eigenvalue weighted by atomic mass is 32.2. The van der Waals surface area contributed by atoms with Crippen LogP contribution in [0.4, 0.5) is 0 Å². The maximum Gasteiger partial charge on any atom is 0.326 e. The van der Waals surface area contributed by atoms with Crippen LogP contribution in [0, 0.1) is 0 Å². The summed E-state index contributed by atoms with van der Waals surface area (Å²) in [5.41, 5.74) is 1.39. The zero-order valence-electron chi connectivity index (χ0n) is 11.5. The number of fused-ring (bicyclic) bond motifs is 1. The van der Waals surface area contributed by atoms with E-state index < -0.39 is 12.0 Å². The number of nitrogens with zero attached hydrogens (tertiary/aromatic N) is 1. The van der Waals surface area contributed by atoms with E-state index >= 15 is 0 Å². The largest absolute Gasteiger partial charge is 0.480 e. The normalized spacial score (nSPS) is 12.2. The fourth-order valence-electron chi connectivity index (χ4n) is 1.82. The number of thioether (sulfide) groups is 1. The van der Waals surface area contributed by atoms with Crippen molar-refractivity contribution in [3.05, 3.63) is 24.3 Å². The van der Waals surface area contributed by atoms with Gasteiger partial charge in [-0.05, 0) is 18.6 Å². The van der Waals surface area contributed by atoms with Crippen molar-refractivity contribution >= 4 is 34.7 Å². The monoisotopic (exact) mass is 308 g/mol. The van der Waals surface area contributed by atoms with Crippen molar-refractivity contribution in [3.63, 3.8) is 0 Å². The Labute approximate surface area is 125 Å². The summed E-state index contributed by atoms with van der Waals surface area (Å²) in [6.07, 6.45) is 1.10. The Kier molecular flexibility index (Phi) is 5.21. The van der Waals surface area contributed by atoms with Crippen LogP contribution in [0.2, 0.25) is 0 Å². The second kappa shape index (κ2) is 7.12. The number of hydrogen-bond acceptors (Lipinski definition) is 5. The smallest absolute Gasteiger partial charge is 0.326 e. The third-order valence-electron chi connectivity index (χ3n) is 2.81. The number of aromatic nitrogens is 1. The van der Waals surface area contributed by atoms with Gasteiger partial charge in [0.1, 0.15) is 11.6 Å². The quantitative estimate of drug-likeness (QED) is 0.762. The Morgan fingerprint density at radius 2 is 2.19 bits per heavy atom. The summed E-state index contributed by atoms with van der Waals surface area (Å²) in [7, 11) is 0. The number of oxazole rings is 1. The van der Waals surface area contributed by atoms with Gasteiger partial charge in [0.15, 0.2) is 5.58 Å². The van der Waals surface area contributed by atoms with E-state index in [0.717, 1.165) is 17.3 Å². The molecule has 0 saturated carbocycles. The van der Waals surface area contributed by atoms with E-state index in [1.54, 1.807) is 6.07 Å². The molecule has 2 rings (SSSR count). The molecule has 0 saturated heterocycles. The van der Waals surface area contributed by atoms with Crippen LogP contribution >= 0.6 is 11.8 Å². The Hall–Kier alpha value is -2.02. The van der Waals surface area contributed by atoms with Crippen molar-refractivity contribution in [1.29, 1.82) is 0 Å². The number of hydrogen-bond donors (Lipinski definition) is 2. The molecule has 1 atom stereocenters. The third kappa shape index (κ3) is 4.22. The summed E-state index contributed by atoms with van der Waals surface area (Å²) in [5.74, 6) is -1.29. The number of rotatable bonds is 7. The highest BCUT2D eigenvalue weighted by molar-refractivity contribution is 7.99. The summed E-state index contributed by atoms with van der Waals surface area (Å²) >= 11 is 1.14. The Balaban J connectivity index is 1.89. The van der Waals surface area contributed by atoms with Gasteiger partial charge in [0, 0.05) is 0 Å². The number of carboxylic acid groups (broad SMARTS) is 1. The molecule has 0 radical (unpaired) electrons. The number of amides is 1. The van der Waals surface area contributed by atoms with E-state index in [9.17, 15) is 9.59 Å². The molecule has 6 nitrogen and oxygen atoms in total. The molecule has 0 aliphatic heterocycles. The van der Waals surface area contributed by atoms with Crippen molar-refractivity contribution in [2.24, 2.45) is 0 Å². The average Bonchev–Trinajstić information content (AvgIpc) is 2.87. The van der Waals surface area contributed by atoms with Crippen LogP contribution in [-0.2, 0) is 9.59 Å². The van der Waals surface area contributed by atoms with Gasteiger partial charge in [-0.1, -0.05) is 37.2 Å². The summed E-state index contributed by atoms with van der Waals surface area (Å²) in [6.45, 7) is 1.87. The number of para-hydroxylation sites is 2. The number of carbonyl (C=O) groups excluding carboxylic acids is 1. The Morgan fingerprint density at radius 1 is 1.43 bits per heavy atom. The van der Waals surface area contributed by atoms with Gasteiger partial charge in [-0.3, -0.25) is 4.79 Å². The fourth-order valence-corrected chi connectivity index (χ4v) is 2.47. The number of nitrogens with one attached hydrogen (secondary N) is 1. The molecular formula is C14H16N2O4S. The average molecular weight is 308 g/mol. The van der Waals surface area contributed by atoms with Crippen molar-refractivity contribution < 1.29 is 19.1 Å². The molecule has 0 fully saturated rings. The number of aliphatic carboxylic acids is 1. The standard InChI is InChI=1S/C14H16N2O4S/c1-2-5-10(13(18)19)15-12(17)8-21-14-16-9-6-3-4-7-11(9)20-14/h3-4,6-7,10H,2,5,8H2,1H3,(H,15,17)(H,18,19)/t10-/m1/s1. The molecular weight excluding hydrogens is 292 g/mol. The van der Waals surface area contributed by atoms with Gasteiger partial charge >= 0.3 is 5.97 Å². The van der Waals surface area contributed by atoms with Crippen LogP contribution < -0.4 is 5.32 Å². The van der Waals surface area contributed by atoms with Gasteiger partial charge in [0.2, 0.25) is 5.91 Å². The minimum Gasteiger partial charge on any atom is -0.480 e. The molecule has 1 aromatic carbocycles. The van der Waals surface area contributed by atoms with Crippen molar-refractivity contribution in [2.75, 3.05) is 5.75 Å². The van der Waals surface area contributed by atoms with Gasteiger partial charge in [-0.2, -0.15) is 0 Å². The topological polar surface area (TPSA) is 92.4 Å². The first-order valence-corrected chi connectivity index (χ1v) is 7.59. The van der Waals surface area contributed by atoms with Gasteiger partial charge < -0.3 is 14.8 Å². The lowest BCUT2D eigenvalue weighted by Gasteiger charge is -2.12. The summed E-state index contributed by atoms with van der Waals surface area (Å²) < 4.78 is 5.47. The van der Waals surface area contributed by atoms with Crippen molar-refractivity contribution in [1.82, 2.24) is 10.3 Å². The summed E-state index contributed by atoms with van der Waals surface area (Å²) in [4.78, 5) is 27.0. The first-order chi connectivity index (χ1) is 10.1. The van der Waals surface area contributed by atoms with Crippen molar-refractivity contribution in [3.8, 4) is 0 Å². The molecule has 2 N–H and O–H groups in total. The SMILES string of the molecule is CCC[C@@H](NC(=O)CSc1nc2ccccc2o1)C(=O)O. The van der Waals surface area contributed by atoms with Gasteiger partial charge in [-0.15, -0.1) is 0 Å². The van der Waals surface area contributed by atoms with Crippen LogP contribution in [0.15, 0.2) is 33.9 Å². The molecule has 0 bridgehead atoms. The van der Waals surface area contributed by atoms with E-state index in [4.69, 9.17) is 9.52 Å². The van der Waals surface area contributed by atoms with Crippen LogP contribution in [-0.4, -0.2) is 33.8 Å². The maximum atomic E-state index is 11.8. The third-order valence-corrected chi connectivity index (χ3v) is 3.64. The van der Waals surface area contributed by atoms with Crippen LogP contribution in [0.25, 0.3) is 11.1 Å². The number of carboxylic acids is 1. The molecule has 0 aliphatic rings. The van der Waals surface area contributed by atoms with E-state index in [0.29, 0.717) is 23.6 Å². The molecule has 2 aromatic rings. The molecule has 1 aromatic heterocycles. The minimum atomic E-state index is -1.02. The molecule has 0 aliphatic carbocycles. The fraction of sp³-hybridized carbons (Fsp3) is 0.357. The second-order valence-electron chi connectivity index (χ2n) is 4.48. The first kappa shape index (κ1) is 15.4. The molecule has 21 heavy (non-hydrogen) atoms. The van der Waals surface area contributed by atoms with Crippen molar-refractivity contribution in [2.45, 2.75) is 31.0 Å². The van der Waals surface area contributed by atoms with Gasteiger partial charge in [0.05, 0.1) is 5.75 Å². The highest BCUT2D eigenvalue weighted by Crippen LogP contribution is 2.22. The first-order valence-electron chi connectivity index (χ1n) is 6.60. The van der Waals surface area contributed by atoms with Crippen LogP contribution in [0.3, 0.4) is 0 Å². The van der Waals surface area contributed by atoms with Crippen LogP contribution in [0.1, 0.15) is 19.8 Å². The highest BCUT2D eigenvalue weighted by Gasteiger charge is 2.19. The number of benzene rings is 1. The lowest BCUT2D eigenvalue weighted by Crippen LogP contribution is -2.41. The summed E-state index contributed by atoms with van der Waals surface area (Å²) in [5, 5.41) is 11.9. The second-order valence-corrected chi connectivity index (χ2v) is 5.41. The maximum absolute atomic E-state index is 11.8. The molecule has 7 heteroatoms. The Bertz CT molecular complexity index is 608. The molecule has 1 amide bonds. The lowest BCUT2D eigenvalue weighted by atomic mass is 10.2. The summed E-state index contributed by atoms with van der Waals surface area (Å²) in [6, 6.07) is 6.48. The van der Waals surface area contributed by atoms with E-state index in [1.165, 1.54) is 0 Å². The Morgan fingerprint density at radius 3 is 2.86 bits per heavy atom. The van der Waals surface area contributed by atoms with Gasteiger partial charge in [0.25, 0.3) is 5.22 Å². The zero-order chi connectivity index (χ0) is 15.2. The predicted octanol–water partition coefficient (Wildman–Crippen LogP) is 2.29.